The van der Waals surface area contributed by atoms with Gasteiger partial charge in [-0.3, -0.25) is 0 Å². The molecule has 2 nitrogen and oxygen atoms in total. The number of hydrogen-bond donors (Lipinski definition) is 0. The van der Waals surface area contributed by atoms with Crippen molar-refractivity contribution in [2.75, 3.05) is 40.3 Å². The van der Waals surface area contributed by atoms with E-state index in [-0.39, 0.29) is 0 Å². The normalized spacial score (nSPS) is 19.2. The van der Waals surface area contributed by atoms with E-state index in [2.05, 4.69) is 85.6 Å². The Hall–Kier alpha value is -2.16. The first-order chi connectivity index (χ1) is 15.5. The van der Waals surface area contributed by atoms with Gasteiger partial charge in [-0.1, -0.05) is 61.7 Å². The Morgan fingerprint density at radius 1 is 0.625 bits per heavy atom. The van der Waals surface area contributed by atoms with E-state index in [9.17, 15) is 0 Å². The van der Waals surface area contributed by atoms with Gasteiger partial charge in [-0.15, -0.1) is 0 Å². The van der Waals surface area contributed by atoms with Crippen LogP contribution < -0.4 is 0 Å². The van der Waals surface area contributed by atoms with Gasteiger partial charge >= 0.3 is 0 Å². The van der Waals surface area contributed by atoms with Gasteiger partial charge < -0.3 is 9.80 Å². The highest BCUT2D eigenvalue weighted by molar-refractivity contribution is 5.72. The molecule has 2 saturated heterocycles. The minimum absolute atomic E-state index is 0.786. The molecule has 2 heteroatoms. The fraction of sp³-hybridized carbons (Fsp3) is 0.467. The van der Waals surface area contributed by atoms with E-state index >= 15 is 0 Å². The lowest BCUT2D eigenvalue weighted by Crippen LogP contribution is -2.30. The highest BCUT2D eigenvalue weighted by atomic mass is 15.1. The van der Waals surface area contributed by atoms with Crippen LogP contribution in [0.15, 0.2) is 61.7 Å². The molecule has 0 spiro atoms. The molecule has 0 aliphatic carbocycles. The third-order valence-corrected chi connectivity index (χ3v) is 7.67. The molecule has 32 heavy (non-hydrogen) atoms. The molecule has 0 radical (unpaired) electrons. The maximum absolute atomic E-state index is 4.40. The number of likely N-dealkylation sites (tertiary alicyclic amines) is 2. The van der Waals surface area contributed by atoms with Crippen LogP contribution in [-0.2, 0) is 0 Å². The van der Waals surface area contributed by atoms with Crippen molar-refractivity contribution < 1.29 is 0 Å². The summed E-state index contributed by atoms with van der Waals surface area (Å²) in [5.74, 6) is 1.57. The first-order valence-corrected chi connectivity index (χ1v) is 12.4. The Kier molecular flexibility index (Phi) is 7.65. The molecule has 2 fully saturated rings. The predicted octanol–water partition coefficient (Wildman–Crippen LogP) is 6.84. The van der Waals surface area contributed by atoms with Crippen LogP contribution in [0, 0.1) is 11.8 Å². The number of hydrogen-bond acceptors (Lipinski definition) is 2. The van der Waals surface area contributed by atoms with Crippen LogP contribution >= 0.6 is 0 Å². The monoisotopic (exact) mass is 428 g/mol. The van der Waals surface area contributed by atoms with E-state index in [0.29, 0.717) is 0 Å². The van der Waals surface area contributed by atoms with Gasteiger partial charge in [0, 0.05) is 0 Å². The van der Waals surface area contributed by atoms with Crippen molar-refractivity contribution in [2.24, 2.45) is 11.8 Å². The third kappa shape index (κ3) is 5.99. The number of benzene rings is 2. The molecule has 2 aliphatic heterocycles. The van der Waals surface area contributed by atoms with Gasteiger partial charge in [0.15, 0.2) is 0 Å². The zero-order valence-electron chi connectivity index (χ0n) is 20.2. The van der Waals surface area contributed by atoms with Gasteiger partial charge in [0.25, 0.3) is 0 Å². The van der Waals surface area contributed by atoms with Crippen molar-refractivity contribution in [3.05, 3.63) is 72.8 Å². The molecule has 4 rings (SSSR count). The average Bonchev–Trinajstić information content (AvgIpc) is 2.82. The Balaban J connectivity index is 1.32. The second-order valence-corrected chi connectivity index (χ2v) is 10.3. The molecular weight excluding hydrogens is 388 g/mol. The lowest BCUT2D eigenvalue weighted by Gasteiger charge is -2.29. The standard InChI is InChI=1S/C30H40N2/c1-23(21-25-13-17-31(3)18-14-25)27-5-9-29(10-6-27)30-11-7-28(8-12-30)24(2)22-26-15-19-32(4)20-16-26/h5-12,25-26H,1-2,13-22H2,3-4H3. The first-order valence-electron chi connectivity index (χ1n) is 12.4. The van der Waals surface area contributed by atoms with Gasteiger partial charge in [0.05, 0.1) is 0 Å². The van der Waals surface area contributed by atoms with Crippen LogP contribution in [0.25, 0.3) is 22.3 Å². The SMILES string of the molecule is C=C(CC1CCN(C)CC1)c1ccc(-c2ccc(C(=C)CC3CCN(C)CC3)cc2)cc1. The van der Waals surface area contributed by atoms with Crippen LogP contribution in [0.1, 0.15) is 49.7 Å². The molecule has 0 atom stereocenters. The molecule has 0 unspecified atom stereocenters. The second-order valence-electron chi connectivity index (χ2n) is 10.3. The molecule has 170 valence electrons. The quantitative estimate of drug-likeness (QED) is 0.476. The predicted molar refractivity (Wildman–Crippen MR) is 140 cm³/mol. The van der Waals surface area contributed by atoms with Crippen LogP contribution in [0.2, 0.25) is 0 Å². The molecule has 2 aliphatic rings. The van der Waals surface area contributed by atoms with Crippen molar-refractivity contribution >= 4 is 11.1 Å². The maximum Gasteiger partial charge on any atom is -0.00190 e. The Bertz CT molecular complexity index is 815. The number of nitrogens with zero attached hydrogens (tertiary/aromatic N) is 2. The molecular formula is C30H40N2. The number of allylic oxidation sites excluding steroid dienone is 2. The topological polar surface area (TPSA) is 6.48 Å². The Morgan fingerprint density at radius 2 is 0.938 bits per heavy atom. The summed E-state index contributed by atoms with van der Waals surface area (Å²) < 4.78 is 0. The van der Waals surface area contributed by atoms with Crippen molar-refractivity contribution in [1.29, 1.82) is 0 Å². The van der Waals surface area contributed by atoms with Gasteiger partial charge in [-0.05, 0) is 124 Å². The van der Waals surface area contributed by atoms with Crippen molar-refractivity contribution in [2.45, 2.75) is 38.5 Å². The minimum atomic E-state index is 0.786. The summed E-state index contributed by atoms with van der Waals surface area (Å²) in [5, 5.41) is 0. The molecule has 2 heterocycles. The molecule has 0 bridgehead atoms. The van der Waals surface area contributed by atoms with Crippen LogP contribution in [0.4, 0.5) is 0 Å². The second kappa shape index (κ2) is 10.6. The summed E-state index contributed by atoms with van der Waals surface area (Å²) in [5.41, 5.74) is 7.69. The fourth-order valence-electron chi connectivity index (χ4n) is 5.26. The molecule has 0 saturated carbocycles. The summed E-state index contributed by atoms with van der Waals surface area (Å²) in [7, 11) is 4.45. The van der Waals surface area contributed by atoms with Crippen LogP contribution in [0.3, 0.4) is 0 Å². The average molecular weight is 429 g/mol. The highest BCUT2D eigenvalue weighted by Crippen LogP contribution is 2.31. The zero-order valence-corrected chi connectivity index (χ0v) is 20.2. The van der Waals surface area contributed by atoms with Gasteiger partial charge in [0.2, 0.25) is 0 Å². The molecule has 0 amide bonds. The van der Waals surface area contributed by atoms with E-state index in [4.69, 9.17) is 0 Å². The smallest absolute Gasteiger partial charge is 0.00190 e. The third-order valence-electron chi connectivity index (χ3n) is 7.67. The summed E-state index contributed by atoms with van der Waals surface area (Å²) in [6, 6.07) is 18.0. The van der Waals surface area contributed by atoms with Crippen LogP contribution in [-0.4, -0.2) is 50.1 Å². The van der Waals surface area contributed by atoms with Crippen molar-refractivity contribution in [1.82, 2.24) is 9.80 Å². The van der Waals surface area contributed by atoms with E-state index in [1.54, 1.807) is 0 Å². The van der Waals surface area contributed by atoms with Gasteiger partial charge in [0.1, 0.15) is 0 Å². The van der Waals surface area contributed by atoms with E-state index < -0.39 is 0 Å². The largest absolute Gasteiger partial charge is 0.306 e. The summed E-state index contributed by atoms with van der Waals surface area (Å²) in [6.07, 6.45) is 7.43. The number of rotatable bonds is 7. The maximum atomic E-state index is 4.40. The molecule has 2 aromatic carbocycles. The summed E-state index contributed by atoms with van der Waals surface area (Å²) in [4.78, 5) is 4.87. The van der Waals surface area contributed by atoms with Crippen molar-refractivity contribution in [3.8, 4) is 11.1 Å². The molecule has 2 aromatic rings. The first kappa shape index (κ1) is 23.0. The fourth-order valence-corrected chi connectivity index (χ4v) is 5.26. The molecule has 0 N–H and O–H groups in total. The van der Waals surface area contributed by atoms with Crippen LogP contribution in [0.5, 0.6) is 0 Å². The zero-order chi connectivity index (χ0) is 22.5. The summed E-state index contributed by atoms with van der Waals surface area (Å²) >= 11 is 0. The van der Waals surface area contributed by atoms with Gasteiger partial charge in [-0.2, -0.15) is 0 Å². The number of piperidine rings is 2. The minimum Gasteiger partial charge on any atom is -0.306 e. The van der Waals surface area contributed by atoms with E-state index in [0.717, 1.165) is 24.7 Å². The lowest BCUT2D eigenvalue weighted by molar-refractivity contribution is 0.222. The van der Waals surface area contributed by atoms with E-state index in [1.807, 2.05) is 0 Å². The van der Waals surface area contributed by atoms with Gasteiger partial charge in [-0.25, -0.2) is 0 Å². The Morgan fingerprint density at radius 3 is 1.25 bits per heavy atom. The van der Waals surface area contributed by atoms with Crippen molar-refractivity contribution in [3.63, 3.8) is 0 Å². The lowest BCUT2D eigenvalue weighted by atomic mass is 9.87. The highest BCUT2D eigenvalue weighted by Gasteiger charge is 2.19. The summed E-state index contributed by atoms with van der Waals surface area (Å²) in [6.45, 7) is 13.7. The Labute approximate surface area is 195 Å². The van der Waals surface area contributed by atoms with E-state index in [1.165, 1.54) is 85.3 Å². The molecule has 0 aromatic heterocycles.